The second-order valence-corrected chi connectivity index (χ2v) is 35.1. The van der Waals surface area contributed by atoms with Crippen LogP contribution in [0.4, 0.5) is 10.1 Å². The number of benzene rings is 1. The van der Waals surface area contributed by atoms with Gasteiger partial charge >= 0.3 is 5.97 Å². The van der Waals surface area contributed by atoms with E-state index in [1.54, 1.807) is 48.0 Å². The van der Waals surface area contributed by atoms with E-state index < -0.39 is 199 Å². The average Bonchev–Trinajstić information content (AvgIpc) is 1.52. The van der Waals surface area contributed by atoms with Gasteiger partial charge in [0.2, 0.25) is 5.43 Å². The van der Waals surface area contributed by atoms with Gasteiger partial charge in [0.25, 0.3) is 0 Å². The molecule has 38 atom stereocenters. The van der Waals surface area contributed by atoms with Crippen LogP contribution < -0.4 is 100.0 Å². The van der Waals surface area contributed by atoms with E-state index in [4.69, 9.17) is 120 Å². The highest BCUT2D eigenvalue weighted by Gasteiger charge is 2.56. The van der Waals surface area contributed by atoms with Gasteiger partial charge in [-0.3, -0.25) is 4.79 Å². The number of likely N-dealkylation sites (N-methyl/N-ethyl adjacent to an activating group) is 4. The van der Waals surface area contributed by atoms with E-state index in [9.17, 15) is 65.0 Å². The number of carboxylic acid groups (broad SMARTS) is 1. The third kappa shape index (κ3) is 23.0. The molecule has 7 saturated heterocycles. The number of anilines is 1. The van der Waals surface area contributed by atoms with Crippen molar-refractivity contribution in [3.8, 4) is 0 Å². The predicted molar refractivity (Wildman–Crippen MR) is 434 cm³/mol. The minimum atomic E-state index is -1.29. The quantitative estimate of drug-likeness (QED) is 0.0520. The summed E-state index contributed by atoms with van der Waals surface area (Å²) in [5.41, 5.74) is 64.0. The van der Waals surface area contributed by atoms with Crippen LogP contribution in [0.5, 0.6) is 0 Å². The Morgan fingerprint density at radius 3 is 1.24 bits per heavy atom. The summed E-state index contributed by atoms with van der Waals surface area (Å²) in [5.74, 6) is -1.76. The molecule has 0 amide bonds. The number of aromatic carboxylic acids is 1. The Kier molecular flexibility index (Phi) is 34.7. The molecule has 0 bridgehead atoms. The molecule has 1 aromatic heterocycles. The standard InChI is InChI=1S/C21H43N5O7.C20H41N5O7.C19H39N5O7.C17H18FN3O3/c1-9(25-3)13-6-5-10(22)19(31-13)32-16-11(23)7-12(24)17(14(16)27)33-20-15(28)18(26-4)21(2,29)8-30-20;1-8(21)12-5-4-9(22)18(30-12)31-15-10(23)6-11(24)16(13(15)26)32-19-14(27)17(25-3)20(2,28)7-29-19;1-19(27)7-28-18(13(26)16(19)24-2)31-15-11(23)5-10(22)14(12(15)25)30-17-9(21)4-3-8(6-20)29-17;18-13-7-11-14(8-15(13)20-5-3-19-4-6-20)21(10-1-2-10)9-12(16(11)22)17(23)24/h9-20,25-29H,5-8,22-24H2,1-4H3;8-19,25-28H,4-7,21-24H2,1-3H3;8-18,24-27H,3-7,20-23H2,1-2H3;7-10,19H,1-6H2,(H,23,24)/t9-,10-,11+,12-,13+,14+,15-,16-,17+,18-,19-,20-,21+;8-,9-,10+,11-,12+,13+,14-,15-,16+,17-,18-,19-,20+;8-,9+,10-,11+,12-,13+,14+,15-,16+,17+,18+,19-;/m110./s1. The molecule has 11 fully saturated rings. The fourth-order valence-electron chi connectivity index (χ4n) is 17.9. The summed E-state index contributed by atoms with van der Waals surface area (Å²) in [4.78, 5) is 25.7. The summed E-state index contributed by atoms with van der Waals surface area (Å²) in [7, 11) is 6.74. The van der Waals surface area contributed by atoms with Gasteiger partial charge < -0.3 is 207 Å². The highest BCUT2D eigenvalue weighted by atomic mass is 19.1. The number of ether oxygens (including phenoxy) is 12. The topological polar surface area (TPSA) is 702 Å². The van der Waals surface area contributed by atoms with Gasteiger partial charge in [-0.2, -0.15) is 0 Å². The lowest BCUT2D eigenvalue weighted by molar-refractivity contribution is -0.307. The number of halogens is 1. The lowest BCUT2D eigenvalue weighted by Gasteiger charge is -2.48. The Morgan fingerprint density at radius 2 is 0.892 bits per heavy atom. The average molecular weight is 1720 g/mol. The maximum absolute atomic E-state index is 14.6. The molecule has 1 aromatic carbocycles. The summed E-state index contributed by atoms with van der Waals surface area (Å²) in [6, 6.07) is -3.76. The lowest BCUT2D eigenvalue weighted by atomic mass is 9.84. The zero-order valence-electron chi connectivity index (χ0n) is 70.3. The first-order chi connectivity index (χ1) is 56.6. The molecule has 43 heteroatoms. The normalized spacial score (nSPS) is 44.5. The van der Waals surface area contributed by atoms with Crippen molar-refractivity contribution >= 4 is 22.6 Å². The van der Waals surface area contributed by atoms with Crippen LogP contribution in [-0.4, -0.2) is 373 Å². The van der Waals surface area contributed by atoms with Crippen molar-refractivity contribution in [3.05, 3.63) is 39.9 Å². The number of pyridine rings is 1. The zero-order valence-corrected chi connectivity index (χ0v) is 70.3. The molecule has 7 aliphatic heterocycles. The SMILES string of the molecule is CN[C@@H]1[C@@H](O)[C@@H](O[C@@H]2[C@@H](O)[C@H](O[C@H]3O[C@H](CN)CC[C@H]3N)[C@@H](N)C[C@H]2N)OC[C@]1(C)O.CN[C@@H]1[C@@H](O)[C@@H](O[C@@H]2[C@@H](O)[C@H](O[C@H]3O[C@H]([C@@H](C)N)CC[C@H]3N)[C@@H](N)C[C@H]2N)OC[C@]1(C)O.CN[C@@H]1[C@@H](O)[C@@H](O[C@@H]2[C@@H](O)[C@H](O[C@H]3O[C@H]([C@@H](C)NC)CC[C@H]3N)[C@@H](N)C[C@H]2N)OC[C@]1(C)O.O=C(O)c1cn(C2CC2)c2cc(N3CCNCC3)c(F)cc2c1=O. The van der Waals surface area contributed by atoms with Crippen LogP contribution in [-0.2, 0) is 56.8 Å². The third-order valence-electron chi connectivity index (χ3n) is 25.3. The van der Waals surface area contributed by atoms with Crippen molar-refractivity contribution < 1.29 is 117 Å². The van der Waals surface area contributed by atoms with Crippen LogP contribution in [0.3, 0.4) is 0 Å². The van der Waals surface area contributed by atoms with Gasteiger partial charge in [0.15, 0.2) is 37.7 Å². The molecule has 4 saturated carbocycles. The number of nitrogens with two attached hydrogens (primary N) is 11. The number of carbonyl (C=O) groups is 1. The van der Waals surface area contributed by atoms with Gasteiger partial charge in [-0.15, -0.1) is 0 Å². The number of hydrogen-bond donors (Lipinski definition) is 26. The number of aliphatic hydroxyl groups is 9. The smallest absolute Gasteiger partial charge is 0.341 e. The van der Waals surface area contributed by atoms with Crippen molar-refractivity contribution in [2.45, 2.75) is 342 Å². The zero-order chi connectivity index (χ0) is 88.1. The van der Waals surface area contributed by atoms with Crippen molar-refractivity contribution in [1.82, 2.24) is 31.2 Å². The van der Waals surface area contributed by atoms with Crippen molar-refractivity contribution in [2.75, 3.05) is 85.6 Å². The summed E-state index contributed by atoms with van der Waals surface area (Å²) < 4.78 is 86.9. The maximum atomic E-state index is 14.6. The number of piperazine rings is 1. The number of fused-ring (bicyclic) bond motifs is 1. The molecule has 42 nitrogen and oxygen atoms in total. The molecule has 37 N–H and O–H groups in total. The molecule has 0 radical (unpaired) electrons. The van der Waals surface area contributed by atoms with E-state index in [0.29, 0.717) is 69.4 Å². The Morgan fingerprint density at radius 1 is 0.533 bits per heavy atom. The number of aromatic nitrogens is 1. The van der Waals surface area contributed by atoms with Gasteiger partial charge in [-0.25, -0.2) is 9.18 Å². The number of aliphatic hydroxyl groups excluding tert-OH is 6. The molecule has 8 heterocycles. The molecular weight excluding hydrogens is 1580 g/mol. The van der Waals surface area contributed by atoms with Crippen LogP contribution in [0.2, 0.25) is 0 Å². The van der Waals surface area contributed by atoms with Gasteiger partial charge in [0, 0.05) is 98.7 Å². The number of hydrogen-bond acceptors (Lipinski definition) is 40. The van der Waals surface area contributed by atoms with Gasteiger partial charge in [-0.1, -0.05) is 0 Å². The Hall–Kier alpha value is -3.85. The number of carboxylic acids is 1. The van der Waals surface area contributed by atoms with E-state index in [0.717, 1.165) is 45.2 Å². The van der Waals surface area contributed by atoms with E-state index >= 15 is 0 Å². The first-order valence-corrected chi connectivity index (χ1v) is 42.1. The maximum Gasteiger partial charge on any atom is 0.341 e. The lowest BCUT2D eigenvalue weighted by Crippen LogP contribution is -2.68. The summed E-state index contributed by atoms with van der Waals surface area (Å²) in [5, 5.41) is 121. The van der Waals surface area contributed by atoms with Gasteiger partial charge in [0.05, 0.1) is 85.6 Å². The van der Waals surface area contributed by atoms with Crippen molar-refractivity contribution in [3.63, 3.8) is 0 Å². The van der Waals surface area contributed by atoms with Crippen molar-refractivity contribution in [2.24, 2.45) is 63.1 Å². The van der Waals surface area contributed by atoms with E-state index in [-0.39, 0.29) is 85.3 Å². The van der Waals surface area contributed by atoms with Crippen LogP contribution in [0.1, 0.15) is 122 Å². The minimum Gasteiger partial charge on any atom is -0.477 e. The fourth-order valence-corrected chi connectivity index (χ4v) is 17.9. The molecule has 120 heavy (non-hydrogen) atoms. The first-order valence-electron chi connectivity index (χ1n) is 42.1. The van der Waals surface area contributed by atoms with Crippen LogP contribution in [0.25, 0.3) is 10.9 Å². The summed E-state index contributed by atoms with van der Waals surface area (Å²) in [6.07, 6.45) is -9.99. The Balaban J connectivity index is 0.000000169. The molecular formula is C77H141FN18O24. The van der Waals surface area contributed by atoms with Crippen LogP contribution in [0.15, 0.2) is 23.1 Å². The van der Waals surface area contributed by atoms with Crippen LogP contribution >= 0.6 is 0 Å². The Labute approximate surface area is 698 Å². The fraction of sp³-hybridized carbons (Fsp3) is 0.870. The highest BCUT2D eigenvalue weighted by Crippen LogP contribution is 2.40. The molecule has 13 rings (SSSR count). The largest absolute Gasteiger partial charge is 0.477 e. The van der Waals surface area contributed by atoms with Crippen LogP contribution in [0, 0.1) is 5.82 Å². The van der Waals surface area contributed by atoms with E-state index in [2.05, 4.69) is 26.6 Å². The first kappa shape index (κ1) is 98.3. The molecule has 11 aliphatic rings. The predicted octanol–water partition coefficient (Wildman–Crippen LogP) is -9.31. The molecule has 0 unspecified atom stereocenters. The Bertz CT molecular complexity index is 3610. The number of nitrogens with one attached hydrogen (secondary N) is 5. The molecule has 2 aromatic rings. The third-order valence-corrected chi connectivity index (χ3v) is 25.3. The van der Waals surface area contributed by atoms with Gasteiger partial charge in [0.1, 0.15) is 101 Å². The van der Waals surface area contributed by atoms with Crippen molar-refractivity contribution in [1.29, 1.82) is 0 Å². The highest BCUT2D eigenvalue weighted by molar-refractivity contribution is 5.93. The second kappa shape index (κ2) is 42.4. The van der Waals surface area contributed by atoms with E-state index in [1.165, 1.54) is 12.3 Å². The second-order valence-electron chi connectivity index (χ2n) is 35.1. The van der Waals surface area contributed by atoms with E-state index in [1.807, 2.05) is 30.4 Å². The summed E-state index contributed by atoms with van der Waals surface area (Å²) >= 11 is 0. The van der Waals surface area contributed by atoms with Gasteiger partial charge in [-0.05, 0) is 146 Å². The monoisotopic (exact) mass is 1720 g/mol. The summed E-state index contributed by atoms with van der Waals surface area (Å²) in [6.45, 7) is 11.7. The molecule has 0 spiro atoms. The molecule has 690 valence electrons. The molecule has 4 aliphatic carbocycles. The minimum absolute atomic E-state index is 0.0620. The number of rotatable bonds is 22. The number of nitrogens with zero attached hydrogens (tertiary/aromatic N) is 2.